The summed E-state index contributed by atoms with van der Waals surface area (Å²) in [7, 11) is 0. The zero-order chi connectivity index (χ0) is 14.2. The number of carbonyl (C=O) groups excluding carboxylic acids is 1. The number of aromatic nitrogens is 4. The van der Waals surface area contributed by atoms with Gasteiger partial charge in [0.15, 0.2) is 5.82 Å². The fraction of sp³-hybridized carbons (Fsp3) is 0.250. The first-order valence-corrected chi connectivity index (χ1v) is 5.98. The average Bonchev–Trinajstić information content (AvgIpc) is 3.03. The van der Waals surface area contributed by atoms with Crippen molar-refractivity contribution in [2.24, 2.45) is 0 Å². The topological polar surface area (TPSA) is 110 Å². The lowest BCUT2D eigenvalue weighted by Gasteiger charge is -2.12. The van der Waals surface area contributed by atoms with Crippen LogP contribution in [0, 0.1) is 0 Å². The molecule has 0 unspecified atom stereocenters. The molecule has 8 nitrogen and oxygen atoms in total. The number of carbonyl (C=O) groups is 2. The Kier molecular flexibility index (Phi) is 2.70. The molecular formula is C12H11N5O3. The largest absolute Gasteiger partial charge is 0.480 e. The van der Waals surface area contributed by atoms with E-state index >= 15 is 0 Å². The second-order valence-electron chi connectivity index (χ2n) is 4.59. The maximum absolute atomic E-state index is 12.0. The number of hydrogen-bond acceptors (Lipinski definition) is 5. The van der Waals surface area contributed by atoms with Crippen LogP contribution in [0.5, 0.6) is 0 Å². The zero-order valence-corrected chi connectivity index (χ0v) is 10.4. The molecule has 20 heavy (non-hydrogen) atoms. The summed E-state index contributed by atoms with van der Waals surface area (Å²) >= 11 is 0. The molecule has 0 bridgehead atoms. The van der Waals surface area contributed by atoms with Crippen molar-refractivity contribution in [2.45, 2.75) is 18.4 Å². The Hall–Kier alpha value is -2.77. The van der Waals surface area contributed by atoms with Crippen LogP contribution in [-0.4, -0.2) is 42.3 Å². The third kappa shape index (κ3) is 2.11. The fourth-order valence-corrected chi connectivity index (χ4v) is 1.79. The number of carboxylic acids is 1. The van der Waals surface area contributed by atoms with E-state index in [1.54, 1.807) is 12.1 Å². The molecular weight excluding hydrogens is 262 g/mol. The van der Waals surface area contributed by atoms with Gasteiger partial charge in [0.05, 0.1) is 5.56 Å². The lowest BCUT2D eigenvalue weighted by atomic mass is 10.2. The molecule has 3 rings (SSSR count). The Labute approximate surface area is 113 Å². The van der Waals surface area contributed by atoms with E-state index in [1.807, 2.05) is 0 Å². The van der Waals surface area contributed by atoms with Gasteiger partial charge in [0.1, 0.15) is 18.2 Å². The summed E-state index contributed by atoms with van der Waals surface area (Å²) in [5.74, 6) is -0.918. The van der Waals surface area contributed by atoms with Crippen molar-refractivity contribution >= 4 is 11.9 Å². The Balaban J connectivity index is 1.75. The number of hydrogen-bond donors (Lipinski definition) is 2. The number of rotatable bonds is 4. The van der Waals surface area contributed by atoms with Gasteiger partial charge in [0.2, 0.25) is 0 Å². The highest BCUT2D eigenvalue weighted by Crippen LogP contribution is 2.35. The fourth-order valence-electron chi connectivity index (χ4n) is 1.79. The van der Waals surface area contributed by atoms with Gasteiger partial charge in [0, 0.05) is 6.20 Å². The van der Waals surface area contributed by atoms with E-state index in [2.05, 4.69) is 20.4 Å². The molecule has 1 aliphatic carbocycles. The first-order chi connectivity index (χ1) is 9.61. The second kappa shape index (κ2) is 4.41. The lowest BCUT2D eigenvalue weighted by Crippen LogP contribution is -2.43. The van der Waals surface area contributed by atoms with Crippen molar-refractivity contribution in [1.29, 1.82) is 0 Å². The van der Waals surface area contributed by atoms with E-state index < -0.39 is 17.4 Å². The van der Waals surface area contributed by atoms with Crippen molar-refractivity contribution in [2.75, 3.05) is 0 Å². The minimum atomic E-state index is -1.10. The van der Waals surface area contributed by atoms with Crippen LogP contribution in [0.3, 0.4) is 0 Å². The summed E-state index contributed by atoms with van der Waals surface area (Å²) in [5.41, 5.74) is -0.789. The van der Waals surface area contributed by atoms with Crippen LogP contribution in [0.1, 0.15) is 23.2 Å². The minimum absolute atomic E-state index is 0.307. The summed E-state index contributed by atoms with van der Waals surface area (Å²) < 4.78 is 1.46. The Morgan fingerprint density at radius 2 is 2.15 bits per heavy atom. The average molecular weight is 273 g/mol. The second-order valence-corrected chi connectivity index (χ2v) is 4.59. The van der Waals surface area contributed by atoms with Gasteiger partial charge < -0.3 is 10.4 Å². The maximum Gasteiger partial charge on any atom is 0.329 e. The number of aliphatic carboxylic acids is 1. The predicted octanol–water partition coefficient (Wildman–Crippen LogP) is 0.00930. The molecule has 2 heterocycles. The van der Waals surface area contributed by atoms with Crippen LogP contribution in [0.4, 0.5) is 0 Å². The van der Waals surface area contributed by atoms with E-state index in [0.717, 1.165) is 0 Å². The lowest BCUT2D eigenvalue weighted by molar-refractivity contribution is -0.140. The summed E-state index contributed by atoms with van der Waals surface area (Å²) in [4.78, 5) is 30.9. The molecule has 1 fully saturated rings. The smallest absolute Gasteiger partial charge is 0.329 e. The highest BCUT2D eigenvalue weighted by atomic mass is 16.4. The van der Waals surface area contributed by atoms with E-state index in [9.17, 15) is 9.59 Å². The van der Waals surface area contributed by atoms with Crippen molar-refractivity contribution in [3.63, 3.8) is 0 Å². The van der Waals surface area contributed by atoms with E-state index in [1.165, 1.54) is 23.5 Å². The van der Waals surface area contributed by atoms with Gasteiger partial charge in [-0.25, -0.2) is 19.4 Å². The number of nitrogens with zero attached hydrogens (tertiary/aromatic N) is 4. The monoisotopic (exact) mass is 273 g/mol. The van der Waals surface area contributed by atoms with E-state index in [0.29, 0.717) is 24.2 Å². The summed E-state index contributed by atoms with van der Waals surface area (Å²) in [5, 5.41) is 15.5. The molecule has 8 heteroatoms. The van der Waals surface area contributed by atoms with Crippen LogP contribution in [0.2, 0.25) is 0 Å². The molecule has 102 valence electrons. The molecule has 2 N–H and O–H groups in total. The highest BCUT2D eigenvalue weighted by Gasteiger charge is 2.51. The number of pyridine rings is 1. The van der Waals surface area contributed by atoms with Crippen molar-refractivity contribution in [3.8, 4) is 5.82 Å². The van der Waals surface area contributed by atoms with Gasteiger partial charge >= 0.3 is 5.97 Å². The van der Waals surface area contributed by atoms with Gasteiger partial charge in [-0.05, 0) is 25.0 Å². The molecule has 2 aromatic heterocycles. The SMILES string of the molecule is O=C(NC1(C(=O)O)CC1)c1ccc(-n2cncn2)nc1. The van der Waals surface area contributed by atoms with Crippen LogP contribution in [0.15, 0.2) is 31.0 Å². The molecule has 0 saturated heterocycles. The molecule has 1 aliphatic rings. The van der Waals surface area contributed by atoms with Gasteiger partial charge in [0.25, 0.3) is 5.91 Å². The Bertz CT molecular complexity index is 646. The molecule has 0 spiro atoms. The van der Waals surface area contributed by atoms with Crippen molar-refractivity contribution in [1.82, 2.24) is 25.1 Å². The minimum Gasteiger partial charge on any atom is -0.480 e. The third-order valence-electron chi connectivity index (χ3n) is 3.18. The summed E-state index contributed by atoms with van der Waals surface area (Å²) in [6.07, 6.45) is 5.17. The van der Waals surface area contributed by atoms with Crippen LogP contribution in [0.25, 0.3) is 5.82 Å². The summed E-state index contributed by atoms with van der Waals surface area (Å²) in [6.45, 7) is 0. The Morgan fingerprint density at radius 1 is 1.35 bits per heavy atom. The highest BCUT2D eigenvalue weighted by molar-refractivity contribution is 5.98. The predicted molar refractivity (Wildman–Crippen MR) is 66.2 cm³/mol. The van der Waals surface area contributed by atoms with Crippen molar-refractivity contribution in [3.05, 3.63) is 36.5 Å². The number of nitrogens with one attached hydrogen (secondary N) is 1. The van der Waals surface area contributed by atoms with E-state index in [4.69, 9.17) is 5.11 Å². The first kappa shape index (κ1) is 12.3. The summed E-state index contributed by atoms with van der Waals surface area (Å²) in [6, 6.07) is 3.18. The van der Waals surface area contributed by atoms with Crippen LogP contribution in [-0.2, 0) is 4.79 Å². The molecule has 0 aliphatic heterocycles. The normalized spacial score (nSPS) is 15.6. The first-order valence-electron chi connectivity index (χ1n) is 5.98. The molecule has 0 atom stereocenters. The Morgan fingerprint density at radius 3 is 2.65 bits per heavy atom. The van der Waals surface area contributed by atoms with Gasteiger partial charge in [-0.1, -0.05) is 0 Å². The standard InChI is InChI=1S/C12H11N5O3/c18-10(16-12(3-4-12)11(19)20)8-1-2-9(14-5-8)17-7-13-6-15-17/h1-2,5-7H,3-4H2,(H,16,18)(H,19,20). The van der Waals surface area contributed by atoms with Crippen molar-refractivity contribution < 1.29 is 14.7 Å². The number of carboxylic acid groups (broad SMARTS) is 1. The van der Waals surface area contributed by atoms with Gasteiger partial charge in [-0.3, -0.25) is 4.79 Å². The van der Waals surface area contributed by atoms with Gasteiger partial charge in [-0.2, -0.15) is 5.10 Å². The van der Waals surface area contributed by atoms with E-state index in [-0.39, 0.29) is 0 Å². The molecule has 1 saturated carbocycles. The molecule has 1 amide bonds. The zero-order valence-electron chi connectivity index (χ0n) is 10.4. The van der Waals surface area contributed by atoms with Crippen LogP contribution < -0.4 is 5.32 Å². The maximum atomic E-state index is 12.0. The molecule has 2 aromatic rings. The quantitative estimate of drug-likeness (QED) is 0.812. The van der Waals surface area contributed by atoms with Gasteiger partial charge in [-0.15, -0.1) is 0 Å². The van der Waals surface area contributed by atoms with Crippen LogP contribution >= 0.6 is 0 Å². The number of amides is 1. The third-order valence-corrected chi connectivity index (χ3v) is 3.18. The molecule has 0 radical (unpaired) electrons. The molecule has 0 aromatic carbocycles.